The van der Waals surface area contributed by atoms with Crippen LogP contribution >= 0.6 is 0 Å². The molecule has 0 aliphatic rings. The first-order valence-corrected chi connectivity index (χ1v) is 10.6. The van der Waals surface area contributed by atoms with Gasteiger partial charge in [0.15, 0.2) is 0 Å². The average Bonchev–Trinajstić information content (AvgIpc) is 2.67. The summed E-state index contributed by atoms with van der Waals surface area (Å²) in [6.45, 7) is 0. The molecule has 2 aromatic rings. The van der Waals surface area contributed by atoms with E-state index in [0.717, 1.165) is 18.2 Å². The van der Waals surface area contributed by atoms with Crippen molar-refractivity contribution in [1.82, 2.24) is 4.47 Å². The van der Waals surface area contributed by atoms with E-state index < -0.39 is 36.4 Å². The Balaban J connectivity index is 2.31. The van der Waals surface area contributed by atoms with Gasteiger partial charge in [0, 0.05) is 12.6 Å². The average molecular weight is 434 g/mol. The third-order valence-electron chi connectivity index (χ3n) is 3.69. The van der Waals surface area contributed by atoms with Crippen LogP contribution in [0.4, 0.5) is 14.5 Å². The molecule has 0 spiro atoms. The van der Waals surface area contributed by atoms with Gasteiger partial charge < -0.3 is 5.32 Å². The lowest BCUT2D eigenvalue weighted by Crippen LogP contribution is -2.25. The van der Waals surface area contributed by atoms with Gasteiger partial charge in [-0.25, -0.2) is 16.8 Å². The lowest BCUT2D eigenvalue weighted by atomic mass is 10.2. The van der Waals surface area contributed by atoms with Gasteiger partial charge in [-0.05, 0) is 36.4 Å². The summed E-state index contributed by atoms with van der Waals surface area (Å²) in [7, 11) is -6.47. The van der Waals surface area contributed by atoms with Gasteiger partial charge in [0.05, 0.1) is 22.6 Å². The van der Waals surface area contributed by atoms with Crippen molar-refractivity contribution >= 4 is 31.5 Å². The number of anilines is 1. The molecule has 2 aromatic carbocycles. The van der Waals surface area contributed by atoms with Crippen LogP contribution in [0.15, 0.2) is 58.3 Å². The van der Waals surface area contributed by atoms with Crippen LogP contribution in [0.5, 0.6) is 0 Å². The molecule has 0 bridgehead atoms. The highest BCUT2D eigenvalue weighted by Crippen LogP contribution is 2.26. The summed E-state index contributed by atoms with van der Waals surface area (Å²) in [6.07, 6.45) is 0. The fraction of sp³-hybridized carbons (Fsp3) is 0.188. The second kappa shape index (κ2) is 8.31. The molecule has 1 N–H and O–H groups in total. The molecule has 0 saturated heterocycles. The number of carbonyl (C=O) groups is 1. The van der Waals surface area contributed by atoms with Crippen LogP contribution in [0.1, 0.15) is 10.4 Å². The molecule has 12 heteroatoms. The summed E-state index contributed by atoms with van der Waals surface area (Å²) in [5.41, 5.74) is -0.327. The van der Waals surface area contributed by atoms with Crippen LogP contribution in [0.3, 0.4) is 0 Å². The summed E-state index contributed by atoms with van der Waals surface area (Å²) in [4.78, 5) is 16.1. The Kier molecular flexibility index (Phi) is 6.49. The van der Waals surface area contributed by atoms with Gasteiger partial charge in [-0.1, -0.05) is 16.6 Å². The second-order valence-corrected chi connectivity index (χ2v) is 9.20. The summed E-state index contributed by atoms with van der Waals surface area (Å²) < 4.78 is 74.0. The van der Waals surface area contributed by atoms with Gasteiger partial charge in [-0.15, -0.1) is 0 Å². The number of hydrogen-bond acceptors (Lipinski definition) is 6. The Labute approximate surface area is 160 Å². The zero-order chi connectivity index (χ0) is 21.1. The van der Waals surface area contributed by atoms with E-state index in [2.05, 4.69) is 10.2 Å². The Bertz CT molecular complexity index is 1070. The van der Waals surface area contributed by atoms with Crippen molar-refractivity contribution in [2.75, 3.05) is 19.5 Å². The van der Waals surface area contributed by atoms with E-state index in [0.29, 0.717) is 4.47 Å². The van der Waals surface area contributed by atoms with Crippen molar-refractivity contribution in [3.8, 4) is 0 Å². The van der Waals surface area contributed by atoms with Crippen LogP contribution in [0.2, 0.25) is 0 Å². The predicted octanol–water partition coefficient (Wildman–Crippen LogP) is 2.12. The molecule has 0 aromatic heterocycles. The van der Waals surface area contributed by atoms with Crippen LogP contribution in [-0.4, -0.2) is 47.1 Å². The summed E-state index contributed by atoms with van der Waals surface area (Å²) in [5.74, 6) is -4.45. The topological polar surface area (TPSA) is 110 Å². The van der Waals surface area contributed by atoms with Gasteiger partial charge >= 0.3 is 5.76 Å². The van der Waals surface area contributed by atoms with E-state index in [1.165, 1.54) is 44.5 Å². The fourth-order valence-electron chi connectivity index (χ4n) is 2.13. The molecule has 0 fully saturated rings. The van der Waals surface area contributed by atoms with E-state index in [9.17, 15) is 30.4 Å². The third kappa shape index (κ3) is 4.35. The van der Waals surface area contributed by atoms with E-state index in [1.54, 1.807) is 0 Å². The first kappa shape index (κ1) is 21.9. The van der Waals surface area contributed by atoms with Gasteiger partial charge in [-0.3, -0.25) is 9.63 Å². The molecule has 152 valence electrons. The summed E-state index contributed by atoms with van der Waals surface area (Å²) in [6, 6.07) is 9.43. The zero-order valence-corrected chi connectivity index (χ0v) is 16.3. The minimum atomic E-state index is -4.92. The number of hydrogen-bond donors (Lipinski definition) is 1. The third-order valence-corrected chi connectivity index (χ3v) is 6.82. The van der Waals surface area contributed by atoms with Crippen LogP contribution in [-0.2, 0) is 24.7 Å². The number of halogens is 2. The van der Waals surface area contributed by atoms with E-state index in [4.69, 9.17) is 0 Å². The van der Waals surface area contributed by atoms with Crippen molar-refractivity contribution in [2.24, 2.45) is 0 Å². The van der Waals surface area contributed by atoms with Gasteiger partial charge in [0.25, 0.3) is 15.9 Å². The van der Waals surface area contributed by atoms with Crippen molar-refractivity contribution in [3.63, 3.8) is 0 Å². The van der Waals surface area contributed by atoms with Gasteiger partial charge in [0.2, 0.25) is 9.84 Å². The summed E-state index contributed by atoms with van der Waals surface area (Å²) in [5, 5.41) is 2.24. The molecule has 2 rings (SSSR count). The smallest absolute Gasteiger partial charge is 0.321 e. The number of carbonyl (C=O) groups excluding carboxylic acids is 1. The number of hydroxylamine groups is 1. The van der Waals surface area contributed by atoms with E-state index >= 15 is 0 Å². The molecular weight excluding hydrogens is 418 g/mol. The molecule has 1 amide bonds. The molecule has 0 unspecified atom stereocenters. The molecule has 0 saturated carbocycles. The van der Waals surface area contributed by atoms with Crippen molar-refractivity contribution in [1.29, 1.82) is 0 Å². The lowest BCUT2D eigenvalue weighted by molar-refractivity contribution is -0.0258. The molecular formula is C16H16F2N2O6S2. The number of amides is 1. The maximum atomic E-state index is 12.8. The lowest BCUT2D eigenvalue weighted by Gasteiger charge is -2.14. The Morgan fingerprint density at radius 3 is 2.14 bits per heavy atom. The number of rotatable bonds is 7. The quantitative estimate of drug-likeness (QED) is 0.669. The highest BCUT2D eigenvalue weighted by molar-refractivity contribution is 7.91. The molecule has 0 atom stereocenters. The Morgan fingerprint density at radius 1 is 1.04 bits per heavy atom. The molecule has 0 heterocycles. The Hall–Kier alpha value is -2.41. The first-order chi connectivity index (χ1) is 13.0. The maximum Gasteiger partial charge on any atom is 0.341 e. The molecule has 0 aliphatic carbocycles. The zero-order valence-electron chi connectivity index (χ0n) is 14.7. The highest BCUT2D eigenvalue weighted by Gasteiger charge is 2.29. The van der Waals surface area contributed by atoms with Gasteiger partial charge in [-0.2, -0.15) is 8.78 Å². The van der Waals surface area contributed by atoms with Crippen LogP contribution in [0, 0.1) is 0 Å². The number of sulfonamides is 1. The molecule has 8 nitrogen and oxygen atoms in total. The number of nitrogens with zero attached hydrogens (tertiary/aromatic N) is 1. The fourth-order valence-corrected chi connectivity index (χ4v) is 3.99. The van der Waals surface area contributed by atoms with Crippen molar-refractivity contribution in [3.05, 3.63) is 54.1 Å². The first-order valence-electron chi connectivity index (χ1n) is 7.57. The van der Waals surface area contributed by atoms with Gasteiger partial charge in [0.1, 0.15) is 0 Å². The Morgan fingerprint density at radius 2 is 1.61 bits per heavy atom. The highest BCUT2D eigenvalue weighted by atomic mass is 32.2. The standard InChI is InChI=1S/C16H16F2N2O6S2/c1-20(26-2)28(24,25)12-9-7-11(8-10-12)15(21)19-13-5-3-4-6-14(13)27(22,23)16(17)18/h3-10,16H,1-2H3,(H,19,21). The second-order valence-electron chi connectivity index (χ2n) is 5.38. The van der Waals surface area contributed by atoms with E-state index in [1.807, 2.05) is 0 Å². The predicted molar refractivity (Wildman–Crippen MR) is 96.0 cm³/mol. The number of alkyl halides is 2. The molecule has 0 radical (unpaired) electrons. The number of nitrogens with one attached hydrogen (secondary N) is 1. The molecule has 28 heavy (non-hydrogen) atoms. The maximum absolute atomic E-state index is 12.8. The van der Waals surface area contributed by atoms with Crippen molar-refractivity contribution in [2.45, 2.75) is 15.5 Å². The minimum absolute atomic E-state index is 0.0109. The van der Waals surface area contributed by atoms with Crippen LogP contribution < -0.4 is 5.32 Å². The normalized spacial score (nSPS) is 12.4. The minimum Gasteiger partial charge on any atom is -0.321 e. The molecule has 0 aliphatic heterocycles. The summed E-state index contributed by atoms with van der Waals surface area (Å²) >= 11 is 0. The van der Waals surface area contributed by atoms with Crippen LogP contribution in [0.25, 0.3) is 0 Å². The monoisotopic (exact) mass is 434 g/mol. The SMILES string of the molecule is CON(C)S(=O)(=O)c1ccc(C(=O)Nc2ccccc2S(=O)(=O)C(F)F)cc1. The van der Waals surface area contributed by atoms with Crippen molar-refractivity contribution < 1.29 is 35.2 Å². The number of para-hydroxylation sites is 1. The van der Waals surface area contributed by atoms with E-state index in [-0.39, 0.29) is 16.1 Å². The largest absolute Gasteiger partial charge is 0.341 e. The number of sulfone groups is 1. The number of benzene rings is 2.